The molecule has 0 radical (unpaired) electrons. The summed E-state index contributed by atoms with van der Waals surface area (Å²) in [5.74, 6) is -0.114. The van der Waals surface area contributed by atoms with Crippen molar-refractivity contribution in [2.75, 3.05) is 18.9 Å². The molecule has 4 nitrogen and oxygen atoms in total. The Kier molecular flexibility index (Phi) is 5.54. The molecule has 0 aromatic carbocycles. The van der Waals surface area contributed by atoms with Crippen molar-refractivity contribution in [3.63, 3.8) is 0 Å². The molecular weight excluding hydrogens is 362 g/mol. The normalized spacial score (nSPS) is 10.8. The number of hydrogen-bond acceptors (Lipinski definition) is 4. The average Bonchev–Trinajstić information content (AvgIpc) is 2.77. The molecule has 0 spiro atoms. The Morgan fingerprint density at radius 3 is 3.05 bits per heavy atom. The highest BCUT2D eigenvalue weighted by atomic mass is 79.9. The van der Waals surface area contributed by atoms with E-state index in [0.717, 1.165) is 10.3 Å². The molecule has 106 valence electrons. The molecule has 0 aliphatic carbocycles. The van der Waals surface area contributed by atoms with Gasteiger partial charge in [-0.2, -0.15) is 0 Å². The van der Waals surface area contributed by atoms with E-state index in [1.807, 2.05) is 11.9 Å². The van der Waals surface area contributed by atoms with Crippen molar-refractivity contribution in [1.29, 1.82) is 0 Å². The lowest BCUT2D eigenvalue weighted by atomic mass is 10.3. The molecule has 0 atom stereocenters. The molecule has 1 N–H and O–H groups in total. The van der Waals surface area contributed by atoms with Crippen LogP contribution < -0.4 is 5.32 Å². The maximum absolute atomic E-state index is 11.9. The van der Waals surface area contributed by atoms with Gasteiger partial charge in [0.25, 0.3) is 0 Å². The predicted octanol–water partition coefficient (Wildman–Crippen LogP) is 3.63. The maximum Gasteiger partial charge on any atom is 0.238 e. The van der Waals surface area contributed by atoms with Gasteiger partial charge in [0.1, 0.15) is 0 Å². The number of pyridine rings is 1. The number of amides is 1. The number of likely N-dealkylation sites (N-methyl/N-ethyl adjacent to an activating group) is 1. The summed E-state index contributed by atoms with van der Waals surface area (Å²) in [6.07, 6.45) is 1.58. The second-order valence-corrected chi connectivity index (χ2v) is 6.97. The lowest BCUT2D eigenvalue weighted by Gasteiger charge is -2.15. The molecule has 0 aliphatic rings. The number of aromatic nitrogens is 1. The molecule has 2 aromatic rings. The van der Waals surface area contributed by atoms with Gasteiger partial charge >= 0.3 is 0 Å². The van der Waals surface area contributed by atoms with Gasteiger partial charge in [-0.3, -0.25) is 9.69 Å². The SMILES string of the molecule is CN(CC(=O)Nc1cccnc1Cl)Cc1csc(Br)c1. The molecule has 0 saturated carbocycles. The topological polar surface area (TPSA) is 45.2 Å². The number of rotatable bonds is 5. The lowest BCUT2D eigenvalue weighted by Crippen LogP contribution is -2.29. The van der Waals surface area contributed by atoms with Gasteiger partial charge in [0, 0.05) is 12.7 Å². The standard InChI is InChI=1S/C13H13BrClN3OS/c1-18(6-9-5-11(14)20-8-9)7-12(19)17-10-3-2-4-16-13(10)15/h2-5,8H,6-7H2,1H3,(H,17,19). The lowest BCUT2D eigenvalue weighted by molar-refractivity contribution is -0.117. The highest BCUT2D eigenvalue weighted by Crippen LogP contribution is 2.21. The number of anilines is 1. The zero-order valence-electron chi connectivity index (χ0n) is 10.8. The summed E-state index contributed by atoms with van der Waals surface area (Å²) >= 11 is 11.0. The summed E-state index contributed by atoms with van der Waals surface area (Å²) in [7, 11) is 1.90. The van der Waals surface area contributed by atoms with Crippen LogP contribution in [0.2, 0.25) is 5.15 Å². The zero-order valence-corrected chi connectivity index (χ0v) is 13.9. The first kappa shape index (κ1) is 15.4. The molecule has 0 saturated heterocycles. The summed E-state index contributed by atoms with van der Waals surface area (Å²) in [5, 5.41) is 5.11. The molecule has 0 unspecified atom stereocenters. The molecule has 1 amide bonds. The summed E-state index contributed by atoms with van der Waals surface area (Å²) in [6, 6.07) is 5.51. The Labute approximate surface area is 134 Å². The van der Waals surface area contributed by atoms with E-state index in [1.54, 1.807) is 29.7 Å². The third-order valence-corrected chi connectivity index (χ3v) is 4.38. The first-order valence-corrected chi connectivity index (χ1v) is 7.91. The monoisotopic (exact) mass is 373 g/mol. The van der Waals surface area contributed by atoms with Crippen molar-refractivity contribution in [2.45, 2.75) is 6.54 Å². The average molecular weight is 375 g/mol. The van der Waals surface area contributed by atoms with Gasteiger partial charge in [0.2, 0.25) is 5.91 Å². The molecule has 0 aliphatic heterocycles. The van der Waals surface area contributed by atoms with Crippen LogP contribution in [0, 0.1) is 0 Å². The van der Waals surface area contributed by atoms with Gasteiger partial charge in [-0.25, -0.2) is 4.98 Å². The van der Waals surface area contributed by atoms with Crippen molar-refractivity contribution in [3.8, 4) is 0 Å². The Bertz CT molecular complexity index is 605. The molecular formula is C13H13BrClN3OS. The van der Waals surface area contributed by atoms with E-state index in [-0.39, 0.29) is 5.91 Å². The molecule has 2 aromatic heterocycles. The van der Waals surface area contributed by atoms with Crippen molar-refractivity contribution >= 4 is 50.5 Å². The van der Waals surface area contributed by atoms with Crippen LogP contribution in [0.3, 0.4) is 0 Å². The van der Waals surface area contributed by atoms with Crippen molar-refractivity contribution in [3.05, 3.63) is 44.3 Å². The third-order valence-electron chi connectivity index (χ3n) is 2.52. The highest BCUT2D eigenvalue weighted by molar-refractivity contribution is 9.11. The fourth-order valence-corrected chi connectivity index (χ4v) is 3.08. The minimum absolute atomic E-state index is 0.114. The van der Waals surface area contributed by atoms with E-state index >= 15 is 0 Å². The Morgan fingerprint density at radius 1 is 1.60 bits per heavy atom. The van der Waals surface area contributed by atoms with Gasteiger partial charge in [-0.05, 0) is 52.1 Å². The number of hydrogen-bond donors (Lipinski definition) is 1. The Balaban J connectivity index is 1.86. The fraction of sp³-hybridized carbons (Fsp3) is 0.231. The Hall–Kier alpha value is -0.950. The zero-order chi connectivity index (χ0) is 14.5. The number of thiophene rings is 1. The molecule has 0 bridgehead atoms. The maximum atomic E-state index is 11.9. The second-order valence-electron chi connectivity index (χ2n) is 4.32. The number of halogens is 2. The minimum atomic E-state index is -0.114. The number of nitrogens with one attached hydrogen (secondary N) is 1. The van der Waals surface area contributed by atoms with E-state index in [4.69, 9.17) is 11.6 Å². The largest absolute Gasteiger partial charge is 0.322 e. The summed E-state index contributed by atoms with van der Waals surface area (Å²) in [5.41, 5.74) is 1.71. The smallest absolute Gasteiger partial charge is 0.238 e. The van der Waals surface area contributed by atoms with Crippen LogP contribution in [0.15, 0.2) is 33.6 Å². The molecule has 20 heavy (non-hydrogen) atoms. The first-order chi connectivity index (χ1) is 9.54. The van der Waals surface area contributed by atoms with Crippen molar-refractivity contribution in [1.82, 2.24) is 9.88 Å². The van der Waals surface area contributed by atoms with E-state index in [9.17, 15) is 4.79 Å². The van der Waals surface area contributed by atoms with Crippen LogP contribution in [0.5, 0.6) is 0 Å². The van der Waals surface area contributed by atoms with Crippen LogP contribution in [0.4, 0.5) is 5.69 Å². The Morgan fingerprint density at radius 2 is 2.40 bits per heavy atom. The van der Waals surface area contributed by atoms with E-state index in [0.29, 0.717) is 17.4 Å². The molecule has 7 heteroatoms. The second kappa shape index (κ2) is 7.17. The molecule has 0 fully saturated rings. The van der Waals surface area contributed by atoms with Crippen LogP contribution in [-0.2, 0) is 11.3 Å². The number of nitrogens with zero attached hydrogens (tertiary/aromatic N) is 2. The van der Waals surface area contributed by atoms with Gasteiger partial charge in [-0.15, -0.1) is 11.3 Å². The number of carbonyl (C=O) groups is 1. The summed E-state index contributed by atoms with van der Waals surface area (Å²) in [6.45, 7) is 1.01. The van der Waals surface area contributed by atoms with Gasteiger partial charge in [-0.1, -0.05) is 11.6 Å². The van der Waals surface area contributed by atoms with Crippen LogP contribution in [0.1, 0.15) is 5.56 Å². The molecule has 2 rings (SSSR count). The summed E-state index contributed by atoms with van der Waals surface area (Å²) < 4.78 is 1.09. The fourth-order valence-electron chi connectivity index (χ4n) is 1.71. The predicted molar refractivity (Wildman–Crippen MR) is 86.2 cm³/mol. The van der Waals surface area contributed by atoms with Crippen LogP contribution in [-0.4, -0.2) is 29.4 Å². The van der Waals surface area contributed by atoms with Crippen LogP contribution >= 0.6 is 38.9 Å². The van der Waals surface area contributed by atoms with E-state index < -0.39 is 0 Å². The highest BCUT2D eigenvalue weighted by Gasteiger charge is 2.10. The van der Waals surface area contributed by atoms with E-state index in [2.05, 4.69) is 37.7 Å². The molecule has 2 heterocycles. The van der Waals surface area contributed by atoms with E-state index in [1.165, 1.54) is 5.56 Å². The minimum Gasteiger partial charge on any atom is -0.322 e. The van der Waals surface area contributed by atoms with Gasteiger partial charge in [0.15, 0.2) is 5.15 Å². The van der Waals surface area contributed by atoms with Crippen molar-refractivity contribution < 1.29 is 4.79 Å². The van der Waals surface area contributed by atoms with Crippen molar-refractivity contribution in [2.24, 2.45) is 0 Å². The quantitative estimate of drug-likeness (QED) is 0.813. The number of carbonyl (C=O) groups excluding carboxylic acids is 1. The third kappa shape index (κ3) is 4.56. The summed E-state index contributed by atoms with van der Waals surface area (Å²) in [4.78, 5) is 17.8. The van der Waals surface area contributed by atoms with Gasteiger partial charge < -0.3 is 5.32 Å². The van der Waals surface area contributed by atoms with Gasteiger partial charge in [0.05, 0.1) is 16.0 Å². The first-order valence-electron chi connectivity index (χ1n) is 5.86. The van der Waals surface area contributed by atoms with Crippen LogP contribution in [0.25, 0.3) is 0 Å².